The van der Waals surface area contributed by atoms with Gasteiger partial charge in [-0.15, -0.1) is 0 Å². The predicted octanol–water partition coefficient (Wildman–Crippen LogP) is 1.88. The highest BCUT2D eigenvalue weighted by Crippen LogP contribution is 2.17. The third-order valence-corrected chi connectivity index (χ3v) is 4.60. The molecular formula is C14H24N2O3S. The first-order valence-corrected chi connectivity index (χ1v) is 8.47. The van der Waals surface area contributed by atoms with Crippen LogP contribution in [0.25, 0.3) is 0 Å². The Kier molecular flexibility index (Phi) is 6.98. The molecule has 1 rings (SSSR count). The van der Waals surface area contributed by atoms with Crippen molar-refractivity contribution in [1.29, 1.82) is 0 Å². The summed E-state index contributed by atoms with van der Waals surface area (Å²) in [6.07, 6.45) is 2.32. The first-order chi connectivity index (χ1) is 9.53. The molecule has 0 aliphatic carbocycles. The lowest BCUT2D eigenvalue weighted by Gasteiger charge is -2.15. The van der Waals surface area contributed by atoms with Crippen LogP contribution in [-0.2, 0) is 10.0 Å². The van der Waals surface area contributed by atoms with Gasteiger partial charge in [-0.3, -0.25) is 0 Å². The molecule has 0 unspecified atom stereocenters. The molecule has 20 heavy (non-hydrogen) atoms. The van der Waals surface area contributed by atoms with Crippen molar-refractivity contribution in [3.8, 4) is 5.75 Å². The Morgan fingerprint density at radius 1 is 1.20 bits per heavy atom. The lowest BCUT2D eigenvalue weighted by molar-refractivity contribution is 0.313. The molecule has 0 fully saturated rings. The summed E-state index contributed by atoms with van der Waals surface area (Å²) in [4.78, 5) is 0.260. The molecule has 0 radical (unpaired) electrons. The predicted molar refractivity (Wildman–Crippen MR) is 80.3 cm³/mol. The zero-order valence-electron chi connectivity index (χ0n) is 12.1. The van der Waals surface area contributed by atoms with Gasteiger partial charge >= 0.3 is 0 Å². The van der Waals surface area contributed by atoms with Gasteiger partial charge in [0.25, 0.3) is 0 Å². The molecule has 1 aromatic carbocycles. The minimum atomic E-state index is -3.45. The van der Waals surface area contributed by atoms with Crippen molar-refractivity contribution in [2.45, 2.75) is 44.0 Å². The van der Waals surface area contributed by atoms with E-state index in [1.807, 2.05) is 13.8 Å². The molecule has 0 amide bonds. The van der Waals surface area contributed by atoms with Crippen LogP contribution < -0.4 is 15.2 Å². The molecule has 114 valence electrons. The van der Waals surface area contributed by atoms with Crippen molar-refractivity contribution in [2.24, 2.45) is 5.73 Å². The summed E-state index contributed by atoms with van der Waals surface area (Å²) in [5.74, 6) is 0.653. The third-order valence-electron chi connectivity index (χ3n) is 3.06. The topological polar surface area (TPSA) is 81.4 Å². The normalized spacial score (nSPS) is 11.8. The Labute approximate surface area is 121 Å². The number of hydrogen-bond acceptors (Lipinski definition) is 4. The lowest BCUT2D eigenvalue weighted by Crippen LogP contribution is -2.33. The van der Waals surface area contributed by atoms with Gasteiger partial charge in [-0.05, 0) is 50.1 Å². The van der Waals surface area contributed by atoms with E-state index in [2.05, 4.69) is 4.72 Å². The molecule has 0 spiro atoms. The van der Waals surface area contributed by atoms with E-state index in [1.54, 1.807) is 24.3 Å². The van der Waals surface area contributed by atoms with Crippen molar-refractivity contribution >= 4 is 10.0 Å². The molecule has 0 aliphatic rings. The summed E-state index contributed by atoms with van der Waals surface area (Å²) < 4.78 is 32.5. The second-order valence-electron chi connectivity index (χ2n) is 4.60. The molecular weight excluding hydrogens is 276 g/mol. The highest BCUT2D eigenvalue weighted by molar-refractivity contribution is 7.89. The van der Waals surface area contributed by atoms with Crippen molar-refractivity contribution in [3.63, 3.8) is 0 Å². The Morgan fingerprint density at radius 3 is 2.30 bits per heavy atom. The molecule has 0 aliphatic heterocycles. The summed E-state index contributed by atoms with van der Waals surface area (Å²) in [6.45, 7) is 5.04. The minimum Gasteiger partial charge on any atom is -0.494 e. The van der Waals surface area contributed by atoms with Gasteiger partial charge in [-0.2, -0.15) is 0 Å². The van der Waals surface area contributed by atoms with Crippen LogP contribution in [0.1, 0.15) is 33.1 Å². The Morgan fingerprint density at radius 2 is 1.80 bits per heavy atom. The van der Waals surface area contributed by atoms with Gasteiger partial charge < -0.3 is 10.5 Å². The van der Waals surface area contributed by atoms with E-state index >= 15 is 0 Å². The highest BCUT2D eigenvalue weighted by Gasteiger charge is 2.17. The minimum absolute atomic E-state index is 0.0273. The van der Waals surface area contributed by atoms with Gasteiger partial charge in [-0.25, -0.2) is 13.1 Å². The van der Waals surface area contributed by atoms with E-state index in [9.17, 15) is 8.42 Å². The fourth-order valence-electron chi connectivity index (χ4n) is 1.73. The average molecular weight is 300 g/mol. The van der Waals surface area contributed by atoms with Gasteiger partial charge in [0.05, 0.1) is 11.5 Å². The van der Waals surface area contributed by atoms with E-state index in [0.29, 0.717) is 18.9 Å². The molecule has 1 aromatic rings. The van der Waals surface area contributed by atoms with Crippen LogP contribution in [0.2, 0.25) is 0 Å². The van der Waals surface area contributed by atoms with Crippen LogP contribution >= 0.6 is 0 Å². The Bertz CT molecular complexity index is 482. The van der Waals surface area contributed by atoms with Crippen molar-refractivity contribution in [1.82, 2.24) is 4.72 Å². The second kappa shape index (κ2) is 8.24. The number of rotatable bonds is 9. The monoisotopic (exact) mass is 300 g/mol. The SMILES string of the molecule is CCC(CC)NS(=O)(=O)c1ccc(OCCCN)cc1. The zero-order valence-corrected chi connectivity index (χ0v) is 12.9. The maximum atomic E-state index is 12.2. The van der Waals surface area contributed by atoms with Crippen molar-refractivity contribution in [2.75, 3.05) is 13.2 Å². The number of benzene rings is 1. The first kappa shape index (κ1) is 16.9. The number of nitrogens with two attached hydrogens (primary N) is 1. The summed E-state index contributed by atoms with van der Waals surface area (Å²) >= 11 is 0. The van der Waals surface area contributed by atoms with E-state index in [4.69, 9.17) is 10.5 Å². The van der Waals surface area contributed by atoms with Crippen LogP contribution in [0.5, 0.6) is 5.75 Å². The van der Waals surface area contributed by atoms with Gasteiger partial charge in [-0.1, -0.05) is 13.8 Å². The summed E-state index contributed by atoms with van der Waals surface area (Å²) in [5.41, 5.74) is 5.38. The van der Waals surface area contributed by atoms with E-state index in [-0.39, 0.29) is 10.9 Å². The van der Waals surface area contributed by atoms with Crippen LogP contribution in [0, 0.1) is 0 Å². The molecule has 0 saturated heterocycles. The average Bonchev–Trinajstić information content (AvgIpc) is 2.45. The second-order valence-corrected chi connectivity index (χ2v) is 6.31. The van der Waals surface area contributed by atoms with E-state index < -0.39 is 10.0 Å². The van der Waals surface area contributed by atoms with Gasteiger partial charge in [0, 0.05) is 6.04 Å². The molecule has 5 nitrogen and oxygen atoms in total. The smallest absolute Gasteiger partial charge is 0.240 e. The van der Waals surface area contributed by atoms with Gasteiger partial charge in [0.2, 0.25) is 10.0 Å². The molecule has 0 atom stereocenters. The fraction of sp³-hybridized carbons (Fsp3) is 0.571. The number of nitrogens with one attached hydrogen (secondary N) is 1. The van der Waals surface area contributed by atoms with Crippen LogP contribution in [0.4, 0.5) is 0 Å². The van der Waals surface area contributed by atoms with Crippen LogP contribution in [0.15, 0.2) is 29.2 Å². The largest absolute Gasteiger partial charge is 0.494 e. The van der Waals surface area contributed by atoms with Crippen LogP contribution in [0.3, 0.4) is 0 Å². The summed E-state index contributed by atoms with van der Waals surface area (Å²) in [5, 5.41) is 0. The highest BCUT2D eigenvalue weighted by atomic mass is 32.2. The van der Waals surface area contributed by atoms with Gasteiger partial charge in [0.1, 0.15) is 5.75 Å². The lowest BCUT2D eigenvalue weighted by atomic mass is 10.2. The standard InChI is InChI=1S/C14H24N2O3S/c1-3-12(4-2)16-20(17,18)14-8-6-13(7-9-14)19-11-5-10-15/h6-9,12,16H,3-5,10-11,15H2,1-2H3. The van der Waals surface area contributed by atoms with Crippen molar-refractivity contribution in [3.05, 3.63) is 24.3 Å². The molecule has 6 heteroatoms. The molecule has 0 saturated carbocycles. The summed E-state index contributed by atoms with van der Waals surface area (Å²) in [6, 6.07) is 6.42. The number of sulfonamides is 1. The molecule has 3 N–H and O–H groups in total. The van der Waals surface area contributed by atoms with E-state index in [0.717, 1.165) is 19.3 Å². The zero-order chi connectivity index (χ0) is 15.0. The van der Waals surface area contributed by atoms with Crippen molar-refractivity contribution < 1.29 is 13.2 Å². The Hall–Kier alpha value is -1.11. The Balaban J connectivity index is 2.71. The molecule has 0 bridgehead atoms. The quantitative estimate of drug-likeness (QED) is 0.682. The maximum Gasteiger partial charge on any atom is 0.240 e. The third kappa shape index (κ3) is 5.11. The molecule has 0 heterocycles. The van der Waals surface area contributed by atoms with Crippen LogP contribution in [-0.4, -0.2) is 27.6 Å². The van der Waals surface area contributed by atoms with Gasteiger partial charge in [0.15, 0.2) is 0 Å². The fourth-order valence-corrected chi connectivity index (χ4v) is 3.13. The molecule has 0 aromatic heterocycles. The first-order valence-electron chi connectivity index (χ1n) is 6.98. The maximum absolute atomic E-state index is 12.2. The summed E-state index contributed by atoms with van der Waals surface area (Å²) in [7, 11) is -3.45. The van der Waals surface area contributed by atoms with E-state index in [1.165, 1.54) is 0 Å². The number of ether oxygens (including phenoxy) is 1. The number of hydrogen-bond donors (Lipinski definition) is 2.